The van der Waals surface area contributed by atoms with Crippen molar-refractivity contribution in [3.05, 3.63) is 28.4 Å². The van der Waals surface area contributed by atoms with Crippen LogP contribution in [0.15, 0.2) is 18.3 Å². The third kappa shape index (κ3) is 3.61. The summed E-state index contributed by atoms with van der Waals surface area (Å²) in [6, 6.07) is 3.45. The van der Waals surface area contributed by atoms with Crippen LogP contribution in [0.2, 0.25) is 18.1 Å². The van der Waals surface area contributed by atoms with Crippen LogP contribution in [0.3, 0.4) is 0 Å². The molecule has 1 saturated heterocycles. The first-order chi connectivity index (χ1) is 12.1. The second-order valence-corrected chi connectivity index (χ2v) is 13.4. The average Bonchev–Trinajstić information content (AvgIpc) is 2.99. The summed E-state index contributed by atoms with van der Waals surface area (Å²) in [6.07, 6.45) is 3.70. The zero-order valence-corrected chi connectivity index (χ0v) is 17.2. The molecular formula is C18H28N4O3Si. The summed E-state index contributed by atoms with van der Waals surface area (Å²) in [6.45, 7) is 12.7. The van der Waals surface area contributed by atoms with Gasteiger partial charge in [0.05, 0.1) is 22.7 Å². The Balaban J connectivity index is 1.87. The molecule has 1 unspecified atom stereocenters. The number of hydrogen-bond acceptors (Lipinski definition) is 5. The minimum atomic E-state index is -1.87. The highest BCUT2D eigenvalue weighted by atomic mass is 28.4. The van der Waals surface area contributed by atoms with E-state index >= 15 is 0 Å². The number of piperidine rings is 1. The number of aromatic nitrogens is 2. The number of anilines is 1. The van der Waals surface area contributed by atoms with E-state index in [0.717, 1.165) is 30.3 Å². The van der Waals surface area contributed by atoms with E-state index in [-0.39, 0.29) is 21.8 Å². The fourth-order valence-corrected chi connectivity index (χ4v) is 4.59. The van der Waals surface area contributed by atoms with Gasteiger partial charge in [-0.15, -0.1) is 0 Å². The summed E-state index contributed by atoms with van der Waals surface area (Å²) in [5.41, 5.74) is 1.60. The van der Waals surface area contributed by atoms with Crippen LogP contribution >= 0.6 is 0 Å². The molecule has 7 nitrogen and oxygen atoms in total. The van der Waals surface area contributed by atoms with Crippen LogP contribution in [0, 0.1) is 10.1 Å². The Morgan fingerprint density at radius 3 is 2.77 bits per heavy atom. The summed E-state index contributed by atoms with van der Waals surface area (Å²) < 4.78 is 6.57. The van der Waals surface area contributed by atoms with Crippen molar-refractivity contribution in [1.29, 1.82) is 0 Å². The van der Waals surface area contributed by atoms with Gasteiger partial charge in [0.1, 0.15) is 5.69 Å². The van der Waals surface area contributed by atoms with Crippen LogP contribution < -0.4 is 4.90 Å². The van der Waals surface area contributed by atoms with E-state index in [4.69, 9.17) is 4.43 Å². The molecule has 1 aromatic carbocycles. The van der Waals surface area contributed by atoms with Crippen LogP contribution in [0.25, 0.3) is 10.9 Å². The molecule has 0 saturated carbocycles. The van der Waals surface area contributed by atoms with Gasteiger partial charge < -0.3 is 9.33 Å². The molecule has 2 heterocycles. The molecule has 142 valence electrons. The van der Waals surface area contributed by atoms with Gasteiger partial charge in [0, 0.05) is 24.5 Å². The van der Waals surface area contributed by atoms with Crippen LogP contribution in [0.5, 0.6) is 0 Å². The Bertz CT molecular complexity index is 812. The fourth-order valence-electron chi connectivity index (χ4n) is 3.21. The number of nitrogens with zero attached hydrogens (tertiary/aromatic N) is 3. The van der Waals surface area contributed by atoms with Gasteiger partial charge in [-0.2, -0.15) is 5.10 Å². The Hall–Kier alpha value is -1.93. The molecule has 0 bridgehead atoms. The normalized spacial score (nSPS) is 19.1. The van der Waals surface area contributed by atoms with Gasteiger partial charge in [-0.25, -0.2) is 0 Å². The first-order valence-corrected chi connectivity index (χ1v) is 12.0. The van der Waals surface area contributed by atoms with E-state index in [1.54, 1.807) is 12.3 Å². The number of H-pyrrole nitrogens is 1. The van der Waals surface area contributed by atoms with Gasteiger partial charge in [-0.05, 0) is 37.0 Å². The lowest BCUT2D eigenvalue weighted by molar-refractivity contribution is -0.384. The number of nitro benzene ring substituents is 1. The minimum Gasteiger partial charge on any atom is -0.412 e. The smallest absolute Gasteiger partial charge is 0.293 e. The lowest BCUT2D eigenvalue weighted by atomic mass is 10.1. The molecule has 8 heteroatoms. The van der Waals surface area contributed by atoms with Crippen molar-refractivity contribution >= 4 is 30.6 Å². The highest BCUT2D eigenvalue weighted by Gasteiger charge is 2.40. The molecule has 1 aromatic heterocycles. The van der Waals surface area contributed by atoms with E-state index in [0.29, 0.717) is 12.2 Å². The minimum absolute atomic E-state index is 0.113. The van der Waals surface area contributed by atoms with Crippen molar-refractivity contribution in [3.8, 4) is 0 Å². The zero-order valence-electron chi connectivity index (χ0n) is 16.2. The zero-order chi connectivity index (χ0) is 19.1. The molecular weight excluding hydrogens is 348 g/mol. The topological polar surface area (TPSA) is 84.3 Å². The Morgan fingerprint density at radius 2 is 2.12 bits per heavy atom. The summed E-state index contributed by atoms with van der Waals surface area (Å²) >= 11 is 0. The predicted molar refractivity (Wildman–Crippen MR) is 106 cm³/mol. The summed E-state index contributed by atoms with van der Waals surface area (Å²) in [5, 5.41) is 19.4. The highest BCUT2D eigenvalue weighted by Crippen LogP contribution is 2.39. The number of rotatable bonds is 4. The van der Waals surface area contributed by atoms with Gasteiger partial charge in [-0.1, -0.05) is 20.8 Å². The maximum atomic E-state index is 11.6. The summed E-state index contributed by atoms with van der Waals surface area (Å²) in [7, 11) is -1.87. The number of hydrogen-bond donors (Lipinski definition) is 1. The third-order valence-electron chi connectivity index (χ3n) is 5.72. The molecule has 3 rings (SSSR count). The van der Waals surface area contributed by atoms with E-state index in [2.05, 4.69) is 49.0 Å². The fraction of sp³-hybridized carbons (Fsp3) is 0.611. The summed E-state index contributed by atoms with van der Waals surface area (Å²) in [5.74, 6) is 0. The molecule has 1 atom stereocenters. The van der Waals surface area contributed by atoms with Gasteiger partial charge >= 0.3 is 0 Å². The van der Waals surface area contributed by atoms with E-state index in [1.807, 2.05) is 6.07 Å². The van der Waals surface area contributed by atoms with E-state index in [9.17, 15) is 10.1 Å². The van der Waals surface area contributed by atoms with Gasteiger partial charge in [0.25, 0.3) is 5.69 Å². The maximum Gasteiger partial charge on any atom is 0.293 e. The Kier molecular flexibility index (Phi) is 4.83. The van der Waals surface area contributed by atoms with Crippen molar-refractivity contribution in [1.82, 2.24) is 10.2 Å². The third-order valence-corrected chi connectivity index (χ3v) is 10.3. The monoisotopic (exact) mass is 376 g/mol. The molecule has 2 aromatic rings. The summed E-state index contributed by atoms with van der Waals surface area (Å²) in [4.78, 5) is 13.4. The van der Waals surface area contributed by atoms with Crippen molar-refractivity contribution in [2.24, 2.45) is 0 Å². The van der Waals surface area contributed by atoms with Crippen molar-refractivity contribution < 1.29 is 9.35 Å². The maximum absolute atomic E-state index is 11.6. The van der Waals surface area contributed by atoms with Crippen LogP contribution in [0.4, 0.5) is 11.4 Å². The SMILES string of the molecule is CC(C)(C)[Si](C)(C)OC1CCCN(c2cc3[nH]ncc3cc2[N+](=O)[O-])C1. The Labute approximate surface area is 155 Å². The van der Waals surface area contributed by atoms with Crippen molar-refractivity contribution in [2.75, 3.05) is 18.0 Å². The molecule has 1 fully saturated rings. The van der Waals surface area contributed by atoms with Crippen molar-refractivity contribution in [2.45, 2.75) is 57.8 Å². The van der Waals surface area contributed by atoms with Crippen molar-refractivity contribution in [3.63, 3.8) is 0 Å². The standard InChI is InChI=1S/C18H28N4O3Si/c1-18(2,3)26(4,5)25-14-7-6-8-21(12-14)16-10-15-13(11-19-20-15)9-17(16)22(23)24/h9-11,14H,6-8,12H2,1-5H3,(H,19,20). The van der Waals surface area contributed by atoms with E-state index < -0.39 is 8.32 Å². The lowest BCUT2D eigenvalue weighted by Crippen LogP contribution is -2.49. The largest absolute Gasteiger partial charge is 0.412 e. The van der Waals surface area contributed by atoms with Gasteiger partial charge in [-0.3, -0.25) is 15.2 Å². The number of nitrogens with one attached hydrogen (secondary N) is 1. The number of nitro groups is 1. The number of benzene rings is 1. The molecule has 1 aliphatic rings. The number of fused-ring (bicyclic) bond motifs is 1. The number of aromatic amines is 1. The van der Waals surface area contributed by atoms with Crippen LogP contribution in [-0.2, 0) is 4.43 Å². The molecule has 1 aliphatic heterocycles. The van der Waals surface area contributed by atoms with E-state index in [1.165, 1.54) is 0 Å². The second-order valence-electron chi connectivity index (χ2n) is 8.64. The first-order valence-electron chi connectivity index (χ1n) is 9.13. The molecule has 0 radical (unpaired) electrons. The molecule has 1 N–H and O–H groups in total. The predicted octanol–water partition coefficient (Wildman–Crippen LogP) is 4.46. The first kappa shape index (κ1) is 18.8. The Morgan fingerprint density at radius 1 is 1.38 bits per heavy atom. The molecule has 0 amide bonds. The quantitative estimate of drug-likeness (QED) is 0.484. The second kappa shape index (κ2) is 6.66. The van der Waals surface area contributed by atoms with Crippen LogP contribution in [-0.4, -0.2) is 42.6 Å². The molecule has 0 aliphatic carbocycles. The van der Waals surface area contributed by atoms with Gasteiger partial charge in [0.15, 0.2) is 8.32 Å². The van der Waals surface area contributed by atoms with Gasteiger partial charge in [0.2, 0.25) is 0 Å². The molecule has 26 heavy (non-hydrogen) atoms. The highest BCUT2D eigenvalue weighted by molar-refractivity contribution is 6.74. The average molecular weight is 377 g/mol. The molecule has 0 spiro atoms. The lowest BCUT2D eigenvalue weighted by Gasteiger charge is -2.42. The van der Waals surface area contributed by atoms with Crippen LogP contribution in [0.1, 0.15) is 33.6 Å².